The van der Waals surface area contributed by atoms with E-state index in [0.29, 0.717) is 32.3 Å². The molecular formula is C15H19FN4O3. The summed E-state index contributed by atoms with van der Waals surface area (Å²) < 4.78 is 19.3. The number of carbonyl (C=O) groups is 1. The highest BCUT2D eigenvalue weighted by Gasteiger charge is 2.24. The van der Waals surface area contributed by atoms with Crippen molar-refractivity contribution in [1.82, 2.24) is 10.3 Å². The third-order valence-corrected chi connectivity index (χ3v) is 3.74. The third kappa shape index (κ3) is 4.45. The fourth-order valence-electron chi connectivity index (χ4n) is 2.65. The molecule has 1 aromatic heterocycles. The number of nitrogens with one attached hydrogen (secondary N) is 2. The minimum atomic E-state index is -1.03. The number of amides is 1. The van der Waals surface area contributed by atoms with E-state index in [0.717, 1.165) is 6.07 Å². The van der Waals surface area contributed by atoms with E-state index in [1.54, 1.807) is 6.92 Å². The summed E-state index contributed by atoms with van der Waals surface area (Å²) in [7, 11) is 0. The maximum Gasteiger partial charge on any atom is 0.404 e. The Labute approximate surface area is 133 Å². The minimum absolute atomic E-state index is 0.00579. The summed E-state index contributed by atoms with van der Waals surface area (Å²) in [5.74, 6) is -0.432. The van der Waals surface area contributed by atoms with Gasteiger partial charge in [0.15, 0.2) is 11.6 Å². The normalized spacial score (nSPS) is 20.4. The number of rotatable bonds is 5. The number of hydrogen-bond acceptors (Lipinski definition) is 5. The summed E-state index contributed by atoms with van der Waals surface area (Å²) in [6.45, 7) is 2.09. The smallest absolute Gasteiger partial charge is 0.404 e. The molecule has 1 fully saturated rings. The van der Waals surface area contributed by atoms with Crippen molar-refractivity contribution in [3.05, 3.63) is 17.4 Å². The van der Waals surface area contributed by atoms with Gasteiger partial charge < -0.3 is 20.5 Å². The van der Waals surface area contributed by atoms with E-state index in [-0.39, 0.29) is 29.3 Å². The standard InChI is InChI=1S/C15H19FN4O3/c1-2-23-14-9(8-17)7-12(16)13(20-14)18-10-3-5-11(6-4-10)19-15(21)22/h7,10-11,19H,2-6H2,1H3,(H,18,20)(H,21,22). The van der Waals surface area contributed by atoms with Gasteiger partial charge in [-0.25, -0.2) is 9.18 Å². The molecule has 0 atom stereocenters. The van der Waals surface area contributed by atoms with Crippen molar-refractivity contribution in [2.24, 2.45) is 0 Å². The molecule has 8 heteroatoms. The van der Waals surface area contributed by atoms with Crippen LogP contribution in [0.4, 0.5) is 15.0 Å². The largest absolute Gasteiger partial charge is 0.477 e. The van der Waals surface area contributed by atoms with Crippen LogP contribution in [0.3, 0.4) is 0 Å². The summed E-state index contributed by atoms with van der Waals surface area (Å²) >= 11 is 0. The van der Waals surface area contributed by atoms with Crippen molar-refractivity contribution in [3.8, 4) is 11.9 Å². The van der Waals surface area contributed by atoms with Gasteiger partial charge in [0, 0.05) is 18.2 Å². The number of hydrogen-bond donors (Lipinski definition) is 3. The number of pyridine rings is 1. The van der Waals surface area contributed by atoms with Crippen molar-refractivity contribution >= 4 is 11.9 Å². The highest BCUT2D eigenvalue weighted by Crippen LogP contribution is 2.26. The highest BCUT2D eigenvalue weighted by atomic mass is 19.1. The summed E-state index contributed by atoms with van der Waals surface area (Å²) in [5, 5.41) is 23.2. The first-order chi connectivity index (χ1) is 11.0. The zero-order valence-electron chi connectivity index (χ0n) is 12.8. The Bertz CT molecular complexity index is 609. The Morgan fingerprint density at radius 2 is 2.13 bits per heavy atom. The van der Waals surface area contributed by atoms with Crippen molar-refractivity contribution < 1.29 is 19.0 Å². The predicted octanol–water partition coefficient (Wildman–Crippen LogP) is 2.48. The van der Waals surface area contributed by atoms with E-state index in [9.17, 15) is 9.18 Å². The molecule has 0 aliphatic heterocycles. The van der Waals surface area contributed by atoms with Gasteiger partial charge in [0.25, 0.3) is 0 Å². The summed E-state index contributed by atoms with van der Waals surface area (Å²) in [6, 6.07) is 2.91. The first-order valence-electron chi connectivity index (χ1n) is 7.53. The molecule has 1 aliphatic rings. The first-order valence-corrected chi connectivity index (χ1v) is 7.53. The van der Waals surface area contributed by atoms with E-state index in [1.165, 1.54) is 0 Å². The highest BCUT2D eigenvalue weighted by molar-refractivity contribution is 5.64. The first kappa shape index (κ1) is 16.8. The lowest BCUT2D eigenvalue weighted by atomic mass is 9.91. The fourth-order valence-corrected chi connectivity index (χ4v) is 2.65. The molecule has 0 radical (unpaired) electrons. The SMILES string of the molecule is CCOc1nc(NC2CCC(NC(=O)O)CC2)c(F)cc1C#N. The lowest BCUT2D eigenvalue weighted by Crippen LogP contribution is -2.39. The van der Waals surface area contributed by atoms with Crippen LogP contribution in [0.1, 0.15) is 38.2 Å². The van der Waals surface area contributed by atoms with Gasteiger partial charge in [-0.1, -0.05) is 0 Å². The zero-order valence-corrected chi connectivity index (χ0v) is 12.8. The van der Waals surface area contributed by atoms with Gasteiger partial charge in [0.05, 0.1) is 6.61 Å². The van der Waals surface area contributed by atoms with Crippen LogP contribution in [0.15, 0.2) is 6.07 Å². The Morgan fingerprint density at radius 1 is 1.48 bits per heavy atom. The van der Waals surface area contributed by atoms with Crippen LogP contribution in [0, 0.1) is 17.1 Å². The summed E-state index contributed by atoms with van der Waals surface area (Å²) in [4.78, 5) is 14.7. The van der Waals surface area contributed by atoms with Gasteiger partial charge in [-0.05, 0) is 32.6 Å². The molecule has 1 aromatic rings. The lowest BCUT2D eigenvalue weighted by molar-refractivity contribution is 0.185. The van der Waals surface area contributed by atoms with Gasteiger partial charge in [-0.3, -0.25) is 0 Å². The maximum atomic E-state index is 14.0. The van der Waals surface area contributed by atoms with Crippen LogP contribution in [-0.4, -0.2) is 34.9 Å². The molecule has 0 saturated heterocycles. The van der Waals surface area contributed by atoms with E-state index in [1.807, 2.05) is 6.07 Å². The summed E-state index contributed by atoms with van der Waals surface area (Å²) in [6.07, 6.45) is 1.74. The average Bonchev–Trinajstić information content (AvgIpc) is 2.52. The van der Waals surface area contributed by atoms with Gasteiger partial charge in [-0.15, -0.1) is 0 Å². The Morgan fingerprint density at radius 3 is 2.70 bits per heavy atom. The summed E-state index contributed by atoms with van der Waals surface area (Å²) in [5.41, 5.74) is 0.0595. The molecule has 1 amide bonds. The van der Waals surface area contributed by atoms with E-state index in [4.69, 9.17) is 15.1 Å². The topological polar surface area (TPSA) is 107 Å². The zero-order chi connectivity index (χ0) is 16.8. The van der Waals surface area contributed by atoms with E-state index >= 15 is 0 Å². The molecule has 0 unspecified atom stereocenters. The van der Waals surface area contributed by atoms with Crippen LogP contribution in [0.5, 0.6) is 5.88 Å². The number of nitriles is 1. The molecule has 0 spiro atoms. The molecule has 2 rings (SSSR count). The van der Waals surface area contributed by atoms with Crippen LogP contribution >= 0.6 is 0 Å². The number of aromatic nitrogens is 1. The van der Waals surface area contributed by atoms with Crippen LogP contribution in [0.2, 0.25) is 0 Å². The molecule has 0 bridgehead atoms. The fraction of sp³-hybridized carbons (Fsp3) is 0.533. The van der Waals surface area contributed by atoms with Crippen LogP contribution in [0.25, 0.3) is 0 Å². The Kier molecular flexibility index (Phi) is 5.57. The van der Waals surface area contributed by atoms with Crippen molar-refractivity contribution in [2.45, 2.75) is 44.7 Å². The number of halogens is 1. The lowest BCUT2D eigenvalue weighted by Gasteiger charge is -2.29. The molecule has 7 nitrogen and oxygen atoms in total. The third-order valence-electron chi connectivity index (χ3n) is 3.74. The molecular weight excluding hydrogens is 303 g/mol. The second kappa shape index (κ2) is 7.63. The second-order valence-corrected chi connectivity index (χ2v) is 5.36. The molecule has 23 heavy (non-hydrogen) atoms. The molecule has 1 heterocycles. The van der Waals surface area contributed by atoms with Crippen LogP contribution < -0.4 is 15.4 Å². The van der Waals surface area contributed by atoms with Gasteiger partial charge in [0.2, 0.25) is 5.88 Å². The molecule has 3 N–H and O–H groups in total. The molecule has 1 saturated carbocycles. The predicted molar refractivity (Wildman–Crippen MR) is 80.9 cm³/mol. The van der Waals surface area contributed by atoms with Crippen molar-refractivity contribution in [1.29, 1.82) is 5.26 Å². The quantitative estimate of drug-likeness (QED) is 0.769. The average molecular weight is 322 g/mol. The number of nitrogens with zero attached hydrogens (tertiary/aromatic N) is 2. The molecule has 0 aromatic carbocycles. The maximum absolute atomic E-state index is 14.0. The van der Waals surface area contributed by atoms with E-state index in [2.05, 4.69) is 15.6 Å². The van der Waals surface area contributed by atoms with Gasteiger partial charge in [-0.2, -0.15) is 10.2 Å². The second-order valence-electron chi connectivity index (χ2n) is 5.36. The minimum Gasteiger partial charge on any atom is -0.477 e. The number of carboxylic acid groups (broad SMARTS) is 1. The van der Waals surface area contributed by atoms with Gasteiger partial charge >= 0.3 is 6.09 Å². The molecule has 1 aliphatic carbocycles. The number of ether oxygens (including phenoxy) is 1. The monoisotopic (exact) mass is 322 g/mol. The Balaban J connectivity index is 2.02. The van der Waals surface area contributed by atoms with E-state index < -0.39 is 11.9 Å². The van der Waals surface area contributed by atoms with Crippen molar-refractivity contribution in [2.75, 3.05) is 11.9 Å². The Hall–Kier alpha value is -2.56. The molecule has 124 valence electrons. The van der Waals surface area contributed by atoms with Crippen molar-refractivity contribution in [3.63, 3.8) is 0 Å². The van der Waals surface area contributed by atoms with Crippen LogP contribution in [-0.2, 0) is 0 Å². The number of anilines is 1. The van der Waals surface area contributed by atoms with Gasteiger partial charge in [0.1, 0.15) is 11.6 Å².